The van der Waals surface area contributed by atoms with E-state index in [-0.39, 0.29) is 0 Å². The second-order valence-electron chi connectivity index (χ2n) is 5.20. The molecule has 18 heavy (non-hydrogen) atoms. The van der Waals surface area contributed by atoms with Crippen LogP contribution < -0.4 is 5.32 Å². The first-order valence-electron chi connectivity index (χ1n) is 6.89. The van der Waals surface area contributed by atoms with Gasteiger partial charge in [-0.3, -0.25) is 0 Å². The molecule has 1 aliphatic rings. The molecule has 1 aromatic heterocycles. The van der Waals surface area contributed by atoms with Gasteiger partial charge in [0, 0.05) is 37.1 Å². The van der Waals surface area contributed by atoms with E-state index in [2.05, 4.69) is 52.1 Å². The molecule has 2 rings (SSSR count). The van der Waals surface area contributed by atoms with Gasteiger partial charge in [0.2, 0.25) is 0 Å². The highest BCUT2D eigenvalue weighted by Crippen LogP contribution is 2.22. The third-order valence-corrected chi connectivity index (χ3v) is 5.61. The van der Waals surface area contributed by atoms with Crippen LogP contribution in [-0.4, -0.2) is 37.1 Å². The van der Waals surface area contributed by atoms with Crippen LogP contribution in [0.2, 0.25) is 0 Å². The summed E-state index contributed by atoms with van der Waals surface area (Å²) in [5.74, 6) is 0.781. The molecule has 2 nitrogen and oxygen atoms in total. The number of hydrogen-bond acceptors (Lipinski definition) is 3. The van der Waals surface area contributed by atoms with Crippen LogP contribution in [0.3, 0.4) is 0 Å². The summed E-state index contributed by atoms with van der Waals surface area (Å²) in [5.41, 5.74) is 0. The Hall–Kier alpha value is 0.1000. The van der Waals surface area contributed by atoms with Gasteiger partial charge < -0.3 is 10.2 Å². The highest BCUT2D eigenvalue weighted by molar-refractivity contribution is 9.11. The molecule has 0 amide bonds. The number of nitrogens with zero attached hydrogens (tertiary/aromatic N) is 1. The fraction of sp³-hybridized carbons (Fsp3) is 0.714. The maximum Gasteiger partial charge on any atom is 0.0701 e. The van der Waals surface area contributed by atoms with Crippen molar-refractivity contribution < 1.29 is 0 Å². The summed E-state index contributed by atoms with van der Waals surface area (Å²) in [6.07, 6.45) is 2.45. The first kappa shape index (κ1) is 14.5. The summed E-state index contributed by atoms with van der Waals surface area (Å²) in [4.78, 5) is 4.10. The zero-order valence-corrected chi connectivity index (χ0v) is 13.7. The fourth-order valence-corrected chi connectivity index (χ4v) is 3.94. The summed E-state index contributed by atoms with van der Waals surface area (Å²) in [5, 5.41) is 3.66. The van der Waals surface area contributed by atoms with Crippen molar-refractivity contribution >= 4 is 27.3 Å². The topological polar surface area (TPSA) is 15.3 Å². The monoisotopic (exact) mass is 330 g/mol. The molecule has 4 heteroatoms. The minimum atomic E-state index is 0.679. The van der Waals surface area contributed by atoms with E-state index < -0.39 is 0 Å². The SMILES string of the molecule is CCC(C)C1CN(CCc2ccc(Br)s2)CCN1. The highest BCUT2D eigenvalue weighted by Gasteiger charge is 2.22. The molecule has 2 unspecified atom stereocenters. The number of rotatable bonds is 5. The number of piperazine rings is 1. The number of thiophene rings is 1. The molecule has 0 saturated carbocycles. The van der Waals surface area contributed by atoms with Gasteiger partial charge in [-0.05, 0) is 40.4 Å². The van der Waals surface area contributed by atoms with Gasteiger partial charge in [-0.15, -0.1) is 11.3 Å². The molecule has 1 saturated heterocycles. The van der Waals surface area contributed by atoms with Gasteiger partial charge in [0.1, 0.15) is 0 Å². The summed E-state index contributed by atoms with van der Waals surface area (Å²) in [6, 6.07) is 5.07. The Labute approximate surface area is 123 Å². The Bertz CT molecular complexity index is 366. The van der Waals surface area contributed by atoms with Crippen LogP contribution in [0.1, 0.15) is 25.1 Å². The van der Waals surface area contributed by atoms with Gasteiger partial charge >= 0.3 is 0 Å². The van der Waals surface area contributed by atoms with Crippen LogP contribution >= 0.6 is 27.3 Å². The van der Waals surface area contributed by atoms with Crippen LogP contribution in [0.5, 0.6) is 0 Å². The summed E-state index contributed by atoms with van der Waals surface area (Å²) < 4.78 is 1.25. The highest BCUT2D eigenvalue weighted by atomic mass is 79.9. The van der Waals surface area contributed by atoms with Crippen LogP contribution in [0.15, 0.2) is 15.9 Å². The smallest absolute Gasteiger partial charge is 0.0701 e. The molecule has 2 heterocycles. The van der Waals surface area contributed by atoms with Gasteiger partial charge in [0.15, 0.2) is 0 Å². The lowest BCUT2D eigenvalue weighted by Crippen LogP contribution is -2.53. The Morgan fingerprint density at radius 3 is 3.06 bits per heavy atom. The fourth-order valence-electron chi connectivity index (χ4n) is 2.47. The Balaban J connectivity index is 1.79. The largest absolute Gasteiger partial charge is 0.311 e. The molecule has 1 aliphatic heterocycles. The zero-order chi connectivity index (χ0) is 13.0. The molecular formula is C14H23BrN2S. The van der Waals surface area contributed by atoms with E-state index in [4.69, 9.17) is 0 Å². The van der Waals surface area contributed by atoms with E-state index in [1.165, 1.54) is 41.1 Å². The molecular weight excluding hydrogens is 308 g/mol. The third kappa shape index (κ3) is 4.05. The van der Waals surface area contributed by atoms with Crippen molar-refractivity contribution in [2.24, 2.45) is 5.92 Å². The van der Waals surface area contributed by atoms with Gasteiger partial charge in [-0.2, -0.15) is 0 Å². The van der Waals surface area contributed by atoms with Gasteiger partial charge in [0.05, 0.1) is 3.79 Å². The van der Waals surface area contributed by atoms with Crippen LogP contribution in [0.4, 0.5) is 0 Å². The molecule has 0 aliphatic carbocycles. The van der Waals surface area contributed by atoms with Gasteiger partial charge in [-0.25, -0.2) is 0 Å². The molecule has 0 aromatic carbocycles. The Morgan fingerprint density at radius 1 is 1.56 bits per heavy atom. The van der Waals surface area contributed by atoms with Crippen molar-refractivity contribution in [1.29, 1.82) is 0 Å². The summed E-state index contributed by atoms with van der Waals surface area (Å²) >= 11 is 5.39. The van der Waals surface area contributed by atoms with Crippen molar-refractivity contribution in [3.05, 3.63) is 20.8 Å². The number of halogens is 1. The lowest BCUT2D eigenvalue weighted by Gasteiger charge is -2.36. The third-order valence-electron chi connectivity index (χ3n) is 3.92. The second kappa shape index (κ2) is 7.04. The van der Waals surface area contributed by atoms with Crippen LogP contribution in [0.25, 0.3) is 0 Å². The van der Waals surface area contributed by atoms with Gasteiger partial charge in [-0.1, -0.05) is 20.3 Å². The van der Waals surface area contributed by atoms with Gasteiger partial charge in [0.25, 0.3) is 0 Å². The molecule has 0 bridgehead atoms. The lowest BCUT2D eigenvalue weighted by molar-refractivity contribution is 0.170. The first-order valence-corrected chi connectivity index (χ1v) is 8.50. The van der Waals surface area contributed by atoms with E-state index in [0.29, 0.717) is 6.04 Å². The van der Waals surface area contributed by atoms with E-state index in [1.54, 1.807) is 0 Å². The lowest BCUT2D eigenvalue weighted by atomic mass is 9.97. The Morgan fingerprint density at radius 2 is 2.39 bits per heavy atom. The average molecular weight is 331 g/mol. The average Bonchev–Trinajstić information content (AvgIpc) is 2.81. The maximum atomic E-state index is 3.66. The molecule has 0 radical (unpaired) electrons. The predicted molar refractivity (Wildman–Crippen MR) is 83.4 cm³/mol. The quantitative estimate of drug-likeness (QED) is 0.890. The normalized spacial score (nSPS) is 23.2. The van der Waals surface area contributed by atoms with Crippen molar-refractivity contribution in [2.45, 2.75) is 32.7 Å². The first-order chi connectivity index (χ1) is 8.69. The predicted octanol–water partition coefficient (Wildman–Crippen LogP) is 3.37. The van der Waals surface area contributed by atoms with Crippen molar-refractivity contribution in [3.8, 4) is 0 Å². The minimum Gasteiger partial charge on any atom is -0.311 e. The molecule has 0 spiro atoms. The van der Waals surface area contributed by atoms with Crippen molar-refractivity contribution in [3.63, 3.8) is 0 Å². The second-order valence-corrected chi connectivity index (χ2v) is 7.75. The standard InChI is InChI=1S/C14H23BrN2S/c1-3-11(2)13-10-17(9-7-16-13)8-6-12-4-5-14(15)18-12/h4-5,11,13,16H,3,6-10H2,1-2H3. The van der Waals surface area contributed by atoms with E-state index in [9.17, 15) is 0 Å². The van der Waals surface area contributed by atoms with Crippen molar-refractivity contribution in [1.82, 2.24) is 10.2 Å². The molecule has 1 aromatic rings. The van der Waals surface area contributed by atoms with E-state index >= 15 is 0 Å². The number of nitrogens with one attached hydrogen (secondary N) is 1. The Kier molecular flexibility index (Phi) is 5.67. The van der Waals surface area contributed by atoms with Crippen LogP contribution in [0, 0.1) is 5.92 Å². The van der Waals surface area contributed by atoms with Crippen LogP contribution in [-0.2, 0) is 6.42 Å². The molecule has 102 valence electrons. The summed E-state index contributed by atoms with van der Waals surface area (Å²) in [7, 11) is 0. The number of hydrogen-bond donors (Lipinski definition) is 1. The maximum absolute atomic E-state index is 3.66. The zero-order valence-electron chi connectivity index (χ0n) is 11.3. The van der Waals surface area contributed by atoms with E-state index in [0.717, 1.165) is 12.5 Å². The van der Waals surface area contributed by atoms with Crippen molar-refractivity contribution in [2.75, 3.05) is 26.2 Å². The summed E-state index contributed by atoms with van der Waals surface area (Å²) in [6.45, 7) is 9.39. The molecule has 2 atom stereocenters. The molecule has 1 fully saturated rings. The van der Waals surface area contributed by atoms with E-state index in [1.807, 2.05) is 11.3 Å². The minimum absolute atomic E-state index is 0.679. The molecule has 1 N–H and O–H groups in total.